The van der Waals surface area contributed by atoms with E-state index >= 15 is 0 Å². The van der Waals surface area contributed by atoms with E-state index in [9.17, 15) is 0 Å². The van der Waals surface area contributed by atoms with Gasteiger partial charge in [0, 0.05) is 67.9 Å². The van der Waals surface area contributed by atoms with Crippen LogP contribution in [0.5, 0.6) is 0 Å². The monoisotopic (exact) mass is 891 g/mol. The van der Waals surface area contributed by atoms with Gasteiger partial charge in [0.25, 0.3) is 0 Å². The van der Waals surface area contributed by atoms with Crippen LogP contribution in [0.4, 0.5) is 52.0 Å². The number of fused-ring (bicyclic) bond motifs is 3. The van der Waals surface area contributed by atoms with Crippen molar-refractivity contribution in [2.24, 2.45) is 0 Å². The van der Waals surface area contributed by atoms with Gasteiger partial charge in [0.2, 0.25) is 0 Å². The Kier molecular flexibility index (Phi) is 11.3. The maximum Gasteiger partial charge on any atom is 0.143 e. The van der Waals surface area contributed by atoms with Crippen LogP contribution in [-0.2, 0) is 20.1 Å². The van der Waals surface area contributed by atoms with Crippen LogP contribution in [0.2, 0.25) is 0 Å². The van der Waals surface area contributed by atoms with Crippen LogP contribution in [0.15, 0.2) is 104 Å². The molecule has 12 nitrogen and oxygen atoms in total. The molecule has 0 saturated carbocycles. The van der Waals surface area contributed by atoms with Crippen molar-refractivity contribution < 1.29 is 20.1 Å². The van der Waals surface area contributed by atoms with Crippen molar-refractivity contribution >= 4 is 52.0 Å². The van der Waals surface area contributed by atoms with Crippen LogP contribution in [0.1, 0.15) is 38.2 Å². The Morgan fingerprint density at radius 1 is 0.574 bits per heavy atom. The molecule has 8 heterocycles. The fourth-order valence-electron chi connectivity index (χ4n) is 6.41. The van der Waals surface area contributed by atoms with E-state index in [1.807, 2.05) is 88.2 Å². The molecular weight excluding hydrogens is 853 g/mol. The van der Waals surface area contributed by atoms with Crippen molar-refractivity contribution in [3.05, 3.63) is 148 Å². The molecule has 3 aliphatic heterocycles. The molecule has 0 spiro atoms. The third kappa shape index (κ3) is 7.55. The molecule has 277 valence electrons. The van der Waals surface area contributed by atoms with Gasteiger partial charge in [-0.3, -0.25) is 9.97 Å². The average molecular weight is 891 g/mol. The van der Waals surface area contributed by atoms with Crippen molar-refractivity contribution in [1.82, 2.24) is 29.9 Å². The van der Waals surface area contributed by atoms with E-state index in [2.05, 4.69) is 109 Å². The third-order valence-corrected chi connectivity index (χ3v) is 9.05. The average Bonchev–Trinajstić information content (AvgIpc) is 3.89. The van der Waals surface area contributed by atoms with E-state index < -0.39 is 0 Å². The van der Waals surface area contributed by atoms with Crippen LogP contribution < -0.4 is 29.4 Å². The van der Waals surface area contributed by atoms with E-state index in [0.29, 0.717) is 5.92 Å². The Morgan fingerprint density at radius 3 is 1.65 bits per heavy atom. The van der Waals surface area contributed by atoms with Gasteiger partial charge in [-0.2, -0.15) is 35.9 Å². The van der Waals surface area contributed by atoms with Crippen molar-refractivity contribution in [2.45, 2.75) is 32.6 Å². The molecule has 13 heteroatoms. The van der Waals surface area contributed by atoms with E-state index in [1.54, 1.807) is 24.8 Å². The number of unbranched alkanes of at least 4 members (excludes halogenated alkanes) is 1. The van der Waals surface area contributed by atoms with Gasteiger partial charge in [0.15, 0.2) is 0 Å². The molecule has 0 saturated heterocycles. The fraction of sp³-hybridized carbons (Fsp3) is 0.195. The summed E-state index contributed by atoms with van der Waals surface area (Å²) >= 11 is 0. The second-order valence-electron chi connectivity index (χ2n) is 12.9. The molecule has 0 amide bonds. The number of aromatic nitrogens is 6. The van der Waals surface area contributed by atoms with Crippen LogP contribution in [0.25, 0.3) is 0 Å². The number of rotatable bonds is 9. The minimum Gasteiger partial charge on any atom is -0.500 e. The zero-order chi connectivity index (χ0) is 36.1. The summed E-state index contributed by atoms with van der Waals surface area (Å²) in [4.78, 5) is 39.3. The second-order valence-corrected chi connectivity index (χ2v) is 12.9. The number of nitrogens with zero attached hydrogens (tertiary/aromatic N) is 12. The molecule has 1 aromatic carbocycles. The Hall–Kier alpha value is -5.65. The molecule has 0 unspecified atom stereocenters. The SMILES string of the molecule is CC(C)c1cc[c-]c(N2[CH-]N(C)c3nccnc32)c1.[Ir].[c-]1cccnc1N1[CH-]N(CCCCN2[CH-]N(c3[c-]cccn3)c3ncccc32)c2cccnc21. The Balaban J connectivity index is 0.000000191. The zero-order valence-electron chi connectivity index (χ0n) is 30.2. The first-order valence-corrected chi connectivity index (χ1v) is 17.6. The van der Waals surface area contributed by atoms with Gasteiger partial charge in [0.05, 0.1) is 0 Å². The summed E-state index contributed by atoms with van der Waals surface area (Å²) in [5.41, 5.74) is 4.46. The maximum absolute atomic E-state index is 4.58. The molecule has 3 aliphatic rings. The summed E-state index contributed by atoms with van der Waals surface area (Å²) in [6.45, 7) is 12.3. The predicted molar refractivity (Wildman–Crippen MR) is 208 cm³/mol. The molecule has 0 fully saturated rings. The number of anilines is 9. The summed E-state index contributed by atoms with van der Waals surface area (Å²) in [7, 11) is 1.97. The minimum atomic E-state index is 0. The van der Waals surface area contributed by atoms with Gasteiger partial charge in [-0.1, -0.05) is 26.2 Å². The molecule has 0 bridgehead atoms. The van der Waals surface area contributed by atoms with Gasteiger partial charge in [0.1, 0.15) is 23.3 Å². The topological polar surface area (TPSA) is 96.8 Å². The summed E-state index contributed by atoms with van der Waals surface area (Å²) in [6.07, 6.45) is 12.6. The molecule has 9 rings (SSSR count). The third-order valence-electron chi connectivity index (χ3n) is 9.05. The van der Waals surface area contributed by atoms with E-state index in [-0.39, 0.29) is 20.1 Å². The second kappa shape index (κ2) is 16.6. The normalized spacial score (nSPS) is 14.1. The summed E-state index contributed by atoms with van der Waals surface area (Å²) < 4.78 is 0. The van der Waals surface area contributed by atoms with Crippen LogP contribution in [0.3, 0.4) is 0 Å². The number of benzene rings is 1. The first kappa shape index (κ1) is 36.7. The fourth-order valence-corrected chi connectivity index (χ4v) is 6.41. The van der Waals surface area contributed by atoms with E-state index in [4.69, 9.17) is 0 Å². The smallest absolute Gasteiger partial charge is 0.143 e. The molecule has 6 aromatic rings. The Morgan fingerprint density at radius 2 is 1.11 bits per heavy atom. The molecular formula is C41H38IrN12-6. The van der Waals surface area contributed by atoms with Gasteiger partial charge in [-0.15, -0.1) is 31.8 Å². The number of hydrogen-bond donors (Lipinski definition) is 0. The molecule has 54 heavy (non-hydrogen) atoms. The van der Waals surface area contributed by atoms with Crippen molar-refractivity contribution in [3.63, 3.8) is 0 Å². The summed E-state index contributed by atoms with van der Waals surface area (Å²) in [6, 6.07) is 31.5. The van der Waals surface area contributed by atoms with Gasteiger partial charge < -0.3 is 29.4 Å². The first-order chi connectivity index (χ1) is 26.0. The Bertz CT molecular complexity index is 2040. The number of pyridine rings is 4. The van der Waals surface area contributed by atoms with Crippen molar-refractivity contribution in [2.75, 3.05) is 49.5 Å². The molecule has 0 atom stereocenters. The van der Waals surface area contributed by atoms with Gasteiger partial charge >= 0.3 is 0 Å². The molecule has 0 N–H and O–H groups in total. The van der Waals surface area contributed by atoms with Gasteiger partial charge in [-0.25, -0.2) is 44.2 Å². The van der Waals surface area contributed by atoms with Crippen LogP contribution in [0, 0.1) is 38.2 Å². The standard InChI is InChI=1S/C26H22N8.C15H16N4.Ir/c1-3-13-27-23(11-1)33-19-31(21-9-7-15-29-25(21)33)17-5-6-18-32-20-34(24-12-2-4-14-28-24)26-22(32)10-8-16-30-26;1-11(2)12-5-4-6-13(9-12)19-10-18(3)14-15(19)17-8-7-16-14;/h1-4,7-10,13-16,19-20H,5-6,17-18H2;4-5,7-11H,1-3H3;/q-4;-2;. The molecule has 0 aliphatic carbocycles. The van der Waals surface area contributed by atoms with Gasteiger partial charge in [-0.05, 0) is 63.2 Å². The quantitative estimate of drug-likeness (QED) is 0.106. The molecule has 5 aromatic heterocycles. The predicted octanol–water partition coefficient (Wildman–Crippen LogP) is 7.61. The van der Waals surface area contributed by atoms with Crippen LogP contribution in [-0.4, -0.2) is 50.0 Å². The molecule has 1 radical (unpaired) electrons. The summed E-state index contributed by atoms with van der Waals surface area (Å²) in [5.74, 6) is 5.46. The van der Waals surface area contributed by atoms with Crippen molar-refractivity contribution in [3.8, 4) is 0 Å². The Labute approximate surface area is 330 Å². The van der Waals surface area contributed by atoms with E-state index in [0.717, 1.165) is 77.9 Å². The first-order valence-electron chi connectivity index (χ1n) is 17.6. The minimum absolute atomic E-state index is 0. The summed E-state index contributed by atoms with van der Waals surface area (Å²) in [5, 5.41) is 0. The maximum atomic E-state index is 4.58. The number of hydrogen-bond acceptors (Lipinski definition) is 12. The zero-order valence-corrected chi connectivity index (χ0v) is 32.5. The van der Waals surface area contributed by atoms with E-state index in [1.165, 1.54) is 5.56 Å². The van der Waals surface area contributed by atoms with Crippen molar-refractivity contribution in [1.29, 1.82) is 0 Å². The largest absolute Gasteiger partial charge is 0.500 e. The van der Waals surface area contributed by atoms with Crippen LogP contribution >= 0.6 is 0 Å².